The number of aryl methyl sites for hydroxylation is 1. The minimum atomic E-state index is -0.998. The Bertz CT molecular complexity index is 555. The Morgan fingerprint density at radius 1 is 1.12 bits per heavy atom. The predicted octanol–water partition coefficient (Wildman–Crippen LogP) is 3.65. The number of ether oxygens (including phenoxy) is 1. The van der Waals surface area contributed by atoms with Gasteiger partial charge in [-0.25, -0.2) is 4.39 Å². The van der Waals surface area contributed by atoms with Crippen molar-refractivity contribution in [1.29, 1.82) is 0 Å². The van der Waals surface area contributed by atoms with Gasteiger partial charge in [-0.05, 0) is 42.8 Å². The number of anilines is 1. The summed E-state index contributed by atoms with van der Waals surface area (Å²) in [6, 6.07) is 8.71. The third-order valence-corrected chi connectivity index (χ3v) is 2.39. The van der Waals surface area contributed by atoms with Crippen molar-refractivity contribution in [2.24, 2.45) is 0 Å². The summed E-state index contributed by atoms with van der Waals surface area (Å²) in [5.74, 6) is -1.66. The maximum Gasteiger partial charge on any atom is 0.201 e. The molecule has 0 unspecified atom stereocenters. The molecule has 17 heavy (non-hydrogen) atoms. The van der Waals surface area contributed by atoms with Crippen LogP contribution in [0.5, 0.6) is 11.5 Å². The maximum absolute atomic E-state index is 13.3. The Hall–Kier alpha value is -2.10. The first kappa shape index (κ1) is 11.4. The number of benzene rings is 2. The highest BCUT2D eigenvalue weighted by Crippen LogP contribution is 2.27. The average molecular weight is 235 g/mol. The summed E-state index contributed by atoms with van der Waals surface area (Å²) in [6.45, 7) is 1.81. The van der Waals surface area contributed by atoms with E-state index in [0.29, 0.717) is 11.4 Å². The van der Waals surface area contributed by atoms with Gasteiger partial charge in [-0.15, -0.1) is 0 Å². The van der Waals surface area contributed by atoms with E-state index < -0.39 is 11.6 Å². The molecule has 2 rings (SSSR count). The predicted molar refractivity (Wildman–Crippen MR) is 62.0 cm³/mol. The van der Waals surface area contributed by atoms with Crippen molar-refractivity contribution in [3.05, 3.63) is 53.6 Å². The lowest BCUT2D eigenvalue weighted by atomic mass is 10.2. The molecule has 0 saturated carbocycles. The van der Waals surface area contributed by atoms with Gasteiger partial charge in [0.2, 0.25) is 5.82 Å². The van der Waals surface area contributed by atoms with Crippen molar-refractivity contribution in [3.63, 3.8) is 0 Å². The van der Waals surface area contributed by atoms with Crippen LogP contribution in [0.25, 0.3) is 0 Å². The summed E-state index contributed by atoms with van der Waals surface area (Å²) in [7, 11) is 0. The summed E-state index contributed by atoms with van der Waals surface area (Å²) in [5.41, 5.74) is 7.09. The molecule has 0 fully saturated rings. The zero-order valence-corrected chi connectivity index (χ0v) is 9.21. The molecule has 88 valence electrons. The Balaban J connectivity index is 2.31. The van der Waals surface area contributed by atoms with E-state index in [1.807, 2.05) is 6.92 Å². The molecule has 0 aromatic heterocycles. The largest absolute Gasteiger partial charge is 0.454 e. The molecule has 2 N–H and O–H groups in total. The topological polar surface area (TPSA) is 35.2 Å². The first-order valence-corrected chi connectivity index (χ1v) is 5.06. The van der Waals surface area contributed by atoms with Gasteiger partial charge in [0.1, 0.15) is 5.75 Å². The molecular formula is C13H11F2NO. The SMILES string of the molecule is Cc1cc(Oc2cccc(F)c2F)ccc1N. The summed E-state index contributed by atoms with van der Waals surface area (Å²) < 4.78 is 31.5. The number of nitrogen functional groups attached to an aromatic ring is 1. The normalized spacial score (nSPS) is 10.3. The van der Waals surface area contributed by atoms with Crippen molar-refractivity contribution in [2.75, 3.05) is 5.73 Å². The van der Waals surface area contributed by atoms with E-state index in [9.17, 15) is 8.78 Å². The lowest BCUT2D eigenvalue weighted by Crippen LogP contribution is -1.93. The van der Waals surface area contributed by atoms with Gasteiger partial charge in [-0.2, -0.15) is 4.39 Å². The van der Waals surface area contributed by atoms with Gasteiger partial charge in [0, 0.05) is 5.69 Å². The van der Waals surface area contributed by atoms with Crippen LogP contribution in [0.3, 0.4) is 0 Å². The second-order valence-electron chi connectivity index (χ2n) is 3.67. The van der Waals surface area contributed by atoms with Crippen molar-refractivity contribution < 1.29 is 13.5 Å². The second-order valence-corrected chi connectivity index (χ2v) is 3.67. The Morgan fingerprint density at radius 2 is 1.88 bits per heavy atom. The van der Waals surface area contributed by atoms with Gasteiger partial charge in [0.15, 0.2) is 11.6 Å². The Kier molecular flexibility index (Phi) is 2.95. The van der Waals surface area contributed by atoms with Crippen molar-refractivity contribution in [3.8, 4) is 11.5 Å². The van der Waals surface area contributed by atoms with Gasteiger partial charge >= 0.3 is 0 Å². The zero-order chi connectivity index (χ0) is 12.4. The van der Waals surface area contributed by atoms with Gasteiger partial charge in [-0.3, -0.25) is 0 Å². The minimum absolute atomic E-state index is 0.144. The quantitative estimate of drug-likeness (QED) is 0.806. The fourth-order valence-corrected chi connectivity index (χ4v) is 1.40. The standard InChI is InChI=1S/C13H11F2NO/c1-8-7-9(5-6-11(8)16)17-12-4-2-3-10(14)13(12)15/h2-7H,16H2,1H3. The summed E-state index contributed by atoms with van der Waals surface area (Å²) in [4.78, 5) is 0. The number of hydrogen-bond acceptors (Lipinski definition) is 2. The van der Waals surface area contributed by atoms with Crippen molar-refractivity contribution in [2.45, 2.75) is 6.92 Å². The molecule has 0 aliphatic rings. The maximum atomic E-state index is 13.3. The summed E-state index contributed by atoms with van der Waals surface area (Å²) in [6.07, 6.45) is 0. The lowest BCUT2D eigenvalue weighted by Gasteiger charge is -2.08. The highest BCUT2D eigenvalue weighted by atomic mass is 19.2. The average Bonchev–Trinajstić information content (AvgIpc) is 2.30. The van der Waals surface area contributed by atoms with Crippen LogP contribution in [0.2, 0.25) is 0 Å². The van der Waals surface area contributed by atoms with Crippen LogP contribution in [0.15, 0.2) is 36.4 Å². The fourth-order valence-electron chi connectivity index (χ4n) is 1.40. The van der Waals surface area contributed by atoms with E-state index in [4.69, 9.17) is 10.5 Å². The van der Waals surface area contributed by atoms with E-state index in [1.54, 1.807) is 18.2 Å². The molecule has 0 atom stereocenters. The molecule has 2 aromatic carbocycles. The van der Waals surface area contributed by atoms with E-state index in [-0.39, 0.29) is 5.75 Å². The molecule has 0 spiro atoms. The first-order chi connectivity index (χ1) is 8.08. The van der Waals surface area contributed by atoms with E-state index in [2.05, 4.69) is 0 Å². The Labute approximate surface area is 97.6 Å². The van der Waals surface area contributed by atoms with Gasteiger partial charge in [0.25, 0.3) is 0 Å². The smallest absolute Gasteiger partial charge is 0.201 e. The van der Waals surface area contributed by atoms with E-state index in [1.165, 1.54) is 12.1 Å². The van der Waals surface area contributed by atoms with E-state index >= 15 is 0 Å². The van der Waals surface area contributed by atoms with E-state index in [0.717, 1.165) is 11.6 Å². The first-order valence-electron chi connectivity index (χ1n) is 5.06. The molecular weight excluding hydrogens is 224 g/mol. The third-order valence-electron chi connectivity index (χ3n) is 2.39. The number of rotatable bonds is 2. The molecule has 0 heterocycles. The molecule has 4 heteroatoms. The zero-order valence-electron chi connectivity index (χ0n) is 9.21. The molecule has 0 saturated heterocycles. The Morgan fingerprint density at radius 3 is 2.59 bits per heavy atom. The van der Waals surface area contributed by atoms with Gasteiger partial charge in [0.05, 0.1) is 0 Å². The third kappa shape index (κ3) is 2.36. The van der Waals surface area contributed by atoms with Crippen LogP contribution in [0.4, 0.5) is 14.5 Å². The second kappa shape index (κ2) is 4.41. The number of halogens is 2. The highest BCUT2D eigenvalue weighted by molar-refractivity contribution is 5.50. The molecule has 0 aliphatic carbocycles. The van der Waals surface area contributed by atoms with Crippen LogP contribution in [-0.4, -0.2) is 0 Å². The fraction of sp³-hybridized carbons (Fsp3) is 0.0769. The van der Waals surface area contributed by atoms with Crippen LogP contribution in [0, 0.1) is 18.6 Å². The number of nitrogens with two attached hydrogens (primary N) is 1. The molecule has 2 aromatic rings. The van der Waals surface area contributed by atoms with Crippen LogP contribution in [0.1, 0.15) is 5.56 Å². The molecule has 0 aliphatic heterocycles. The lowest BCUT2D eigenvalue weighted by molar-refractivity contribution is 0.416. The minimum Gasteiger partial charge on any atom is -0.454 e. The van der Waals surface area contributed by atoms with Crippen LogP contribution >= 0.6 is 0 Å². The molecule has 2 nitrogen and oxygen atoms in total. The van der Waals surface area contributed by atoms with Crippen LogP contribution in [-0.2, 0) is 0 Å². The molecule has 0 amide bonds. The monoisotopic (exact) mass is 235 g/mol. The molecule has 0 bridgehead atoms. The molecule has 0 radical (unpaired) electrons. The van der Waals surface area contributed by atoms with Crippen LogP contribution < -0.4 is 10.5 Å². The number of hydrogen-bond donors (Lipinski definition) is 1. The highest BCUT2D eigenvalue weighted by Gasteiger charge is 2.09. The van der Waals surface area contributed by atoms with Crippen molar-refractivity contribution >= 4 is 5.69 Å². The summed E-state index contributed by atoms with van der Waals surface area (Å²) in [5, 5.41) is 0. The van der Waals surface area contributed by atoms with Gasteiger partial charge in [-0.1, -0.05) is 6.07 Å². The van der Waals surface area contributed by atoms with Crippen molar-refractivity contribution in [1.82, 2.24) is 0 Å². The summed E-state index contributed by atoms with van der Waals surface area (Å²) >= 11 is 0. The van der Waals surface area contributed by atoms with Gasteiger partial charge < -0.3 is 10.5 Å².